The molecule has 1 aromatic heterocycles. The Morgan fingerprint density at radius 3 is 2.48 bits per heavy atom. The minimum atomic E-state index is -0.688. The molecule has 0 bridgehead atoms. The summed E-state index contributed by atoms with van der Waals surface area (Å²) in [5.74, 6) is -0.784. The van der Waals surface area contributed by atoms with Crippen molar-refractivity contribution in [3.05, 3.63) is 65.7 Å². The fourth-order valence-electron chi connectivity index (χ4n) is 3.02. The Morgan fingerprint density at radius 2 is 1.79 bits per heavy atom. The van der Waals surface area contributed by atoms with Crippen LogP contribution in [0.5, 0.6) is 0 Å². The summed E-state index contributed by atoms with van der Waals surface area (Å²) in [5.41, 5.74) is 3.02. The number of nitrogens with zero attached hydrogens (tertiary/aromatic N) is 2. The predicted molar refractivity (Wildman–Crippen MR) is 116 cm³/mol. The highest BCUT2D eigenvalue weighted by atomic mass is 32.1. The molecule has 6 nitrogen and oxygen atoms in total. The second-order valence-electron chi connectivity index (χ2n) is 6.87. The lowest BCUT2D eigenvalue weighted by molar-refractivity contribution is -0.127. The molecule has 7 heteroatoms. The second kappa shape index (κ2) is 9.43. The number of nitrogens with one attached hydrogen (secondary N) is 2. The molecule has 0 aliphatic heterocycles. The van der Waals surface area contributed by atoms with Gasteiger partial charge in [0.15, 0.2) is 0 Å². The zero-order chi connectivity index (χ0) is 20.8. The molecule has 0 aliphatic carbocycles. The maximum absolute atomic E-state index is 12.6. The van der Waals surface area contributed by atoms with Gasteiger partial charge in [0.25, 0.3) is 0 Å². The summed E-state index contributed by atoms with van der Waals surface area (Å²) in [6.07, 6.45) is 0.653. The van der Waals surface area contributed by atoms with Crippen molar-refractivity contribution in [1.82, 2.24) is 15.5 Å². The lowest BCUT2D eigenvalue weighted by Gasteiger charge is -2.19. The second-order valence-corrected chi connectivity index (χ2v) is 7.85. The molecular formula is C22H24N4O2S. The molecule has 0 aliphatic rings. The van der Waals surface area contributed by atoms with Crippen molar-refractivity contribution in [2.24, 2.45) is 0 Å². The van der Waals surface area contributed by atoms with Crippen molar-refractivity contribution in [3.8, 4) is 10.6 Å². The van der Waals surface area contributed by atoms with E-state index in [1.54, 1.807) is 6.92 Å². The van der Waals surface area contributed by atoms with Gasteiger partial charge in [0.2, 0.25) is 16.9 Å². The van der Waals surface area contributed by atoms with Crippen LogP contribution in [0, 0.1) is 6.92 Å². The monoisotopic (exact) mass is 408 g/mol. The molecule has 2 atom stereocenters. The first-order valence-corrected chi connectivity index (χ1v) is 10.4. The summed E-state index contributed by atoms with van der Waals surface area (Å²) in [5, 5.41) is 14.9. The quantitative estimate of drug-likeness (QED) is 0.615. The van der Waals surface area contributed by atoms with E-state index in [1.165, 1.54) is 11.3 Å². The molecule has 1 heterocycles. The number of rotatable bonds is 7. The first-order valence-electron chi connectivity index (χ1n) is 9.54. The van der Waals surface area contributed by atoms with Crippen LogP contribution in [-0.4, -0.2) is 28.1 Å². The smallest absolute Gasteiger partial charge is 0.248 e. The molecule has 0 spiro atoms. The maximum atomic E-state index is 12.6. The Morgan fingerprint density at radius 1 is 1.03 bits per heavy atom. The van der Waals surface area contributed by atoms with E-state index in [4.69, 9.17) is 0 Å². The number of anilines is 1. The van der Waals surface area contributed by atoms with Crippen molar-refractivity contribution in [2.75, 3.05) is 5.32 Å². The summed E-state index contributed by atoms with van der Waals surface area (Å²) in [4.78, 5) is 25.2. The number of hydrogen-bond acceptors (Lipinski definition) is 5. The van der Waals surface area contributed by atoms with Crippen molar-refractivity contribution < 1.29 is 9.59 Å². The topological polar surface area (TPSA) is 84.0 Å². The third-order valence-electron chi connectivity index (χ3n) is 4.60. The average Bonchev–Trinajstić information content (AvgIpc) is 3.18. The number of benzene rings is 2. The van der Waals surface area contributed by atoms with E-state index in [1.807, 2.05) is 68.4 Å². The lowest BCUT2D eigenvalue weighted by Crippen LogP contribution is -2.43. The molecule has 150 valence electrons. The van der Waals surface area contributed by atoms with Crippen LogP contribution >= 0.6 is 11.3 Å². The highest BCUT2D eigenvalue weighted by molar-refractivity contribution is 7.18. The number of aromatic nitrogens is 2. The maximum Gasteiger partial charge on any atom is 0.248 e. The largest absolute Gasteiger partial charge is 0.344 e. The fourth-order valence-corrected chi connectivity index (χ4v) is 3.76. The van der Waals surface area contributed by atoms with Crippen molar-refractivity contribution in [2.45, 2.75) is 39.2 Å². The number of hydrogen-bond donors (Lipinski definition) is 2. The van der Waals surface area contributed by atoms with Crippen LogP contribution < -0.4 is 10.6 Å². The number of carbonyl (C=O) groups is 2. The van der Waals surface area contributed by atoms with Gasteiger partial charge < -0.3 is 5.32 Å². The van der Waals surface area contributed by atoms with E-state index in [0.29, 0.717) is 11.6 Å². The Hall–Kier alpha value is -3.06. The molecule has 0 unspecified atom stereocenters. The van der Waals surface area contributed by atoms with E-state index < -0.39 is 6.04 Å². The highest BCUT2D eigenvalue weighted by Gasteiger charge is 2.23. The number of carbonyl (C=O) groups excluding carboxylic acids is 2. The average molecular weight is 409 g/mol. The molecule has 2 aromatic carbocycles. The van der Waals surface area contributed by atoms with Crippen LogP contribution in [0.2, 0.25) is 0 Å². The molecular weight excluding hydrogens is 384 g/mol. The van der Waals surface area contributed by atoms with Crippen molar-refractivity contribution in [1.29, 1.82) is 0 Å². The Bertz CT molecular complexity index is 987. The number of amides is 2. The summed E-state index contributed by atoms with van der Waals surface area (Å²) >= 11 is 1.30. The molecule has 2 amide bonds. The van der Waals surface area contributed by atoms with Gasteiger partial charge in [0.1, 0.15) is 11.0 Å². The standard InChI is InChI=1S/C22H24N4O2S/c1-4-18(16-10-6-5-7-11-16)20(28)23-15(3)19(27)24-22-26-25-21(29-22)17-12-8-9-14(2)13-17/h5-13,15,18H,4H2,1-3H3,(H,23,28)(H,24,26,27)/t15-,18-/m0/s1. The number of aryl methyl sites for hydroxylation is 1. The van der Waals surface area contributed by atoms with Gasteiger partial charge in [-0.15, -0.1) is 10.2 Å². The van der Waals surface area contributed by atoms with Gasteiger partial charge in [-0.25, -0.2) is 0 Å². The Kier molecular flexibility index (Phi) is 6.72. The normalized spacial score (nSPS) is 12.8. The molecule has 29 heavy (non-hydrogen) atoms. The fraction of sp³-hybridized carbons (Fsp3) is 0.273. The minimum absolute atomic E-state index is 0.168. The SMILES string of the molecule is CC[C@H](C(=O)N[C@@H](C)C(=O)Nc1nnc(-c2cccc(C)c2)s1)c1ccccc1. The zero-order valence-electron chi connectivity index (χ0n) is 16.7. The van der Waals surface area contributed by atoms with Gasteiger partial charge in [-0.2, -0.15) is 0 Å². The first-order chi connectivity index (χ1) is 14.0. The van der Waals surface area contributed by atoms with Gasteiger partial charge >= 0.3 is 0 Å². The third-order valence-corrected chi connectivity index (χ3v) is 5.49. The van der Waals surface area contributed by atoms with Crippen LogP contribution in [0.3, 0.4) is 0 Å². The molecule has 0 saturated heterocycles. The van der Waals surface area contributed by atoms with Gasteiger partial charge in [-0.05, 0) is 31.9 Å². The molecule has 2 N–H and O–H groups in total. The van der Waals surface area contributed by atoms with Crippen LogP contribution in [0.1, 0.15) is 37.3 Å². The van der Waals surface area contributed by atoms with Gasteiger partial charge in [-0.1, -0.05) is 72.4 Å². The van der Waals surface area contributed by atoms with Crippen LogP contribution in [0.4, 0.5) is 5.13 Å². The van der Waals surface area contributed by atoms with Crippen LogP contribution in [0.15, 0.2) is 54.6 Å². The Labute approximate surface area is 174 Å². The predicted octanol–water partition coefficient (Wildman–Crippen LogP) is 4.15. The minimum Gasteiger partial charge on any atom is -0.344 e. The molecule has 3 aromatic rings. The van der Waals surface area contributed by atoms with Crippen molar-refractivity contribution >= 4 is 28.3 Å². The van der Waals surface area contributed by atoms with Gasteiger partial charge in [0.05, 0.1) is 5.92 Å². The Balaban J connectivity index is 1.61. The highest BCUT2D eigenvalue weighted by Crippen LogP contribution is 2.27. The van der Waals surface area contributed by atoms with E-state index in [9.17, 15) is 9.59 Å². The molecule has 0 saturated carbocycles. The van der Waals surface area contributed by atoms with Crippen LogP contribution in [0.25, 0.3) is 10.6 Å². The summed E-state index contributed by atoms with van der Waals surface area (Å²) in [7, 11) is 0. The summed E-state index contributed by atoms with van der Waals surface area (Å²) < 4.78 is 0. The van der Waals surface area contributed by atoms with Crippen LogP contribution in [-0.2, 0) is 9.59 Å². The van der Waals surface area contributed by atoms with E-state index >= 15 is 0 Å². The molecule has 0 radical (unpaired) electrons. The zero-order valence-corrected chi connectivity index (χ0v) is 17.5. The third kappa shape index (κ3) is 5.26. The van der Waals surface area contributed by atoms with Gasteiger partial charge in [-0.3, -0.25) is 14.9 Å². The van der Waals surface area contributed by atoms with E-state index in [2.05, 4.69) is 20.8 Å². The lowest BCUT2D eigenvalue weighted by atomic mass is 9.95. The summed E-state index contributed by atoms with van der Waals surface area (Å²) in [6.45, 7) is 5.63. The first kappa shape index (κ1) is 20.7. The van der Waals surface area contributed by atoms with Gasteiger partial charge in [0, 0.05) is 5.56 Å². The molecule has 3 rings (SSSR count). The molecule has 0 fully saturated rings. The summed E-state index contributed by atoms with van der Waals surface area (Å²) in [6, 6.07) is 16.8. The van der Waals surface area contributed by atoms with E-state index in [0.717, 1.165) is 21.7 Å². The van der Waals surface area contributed by atoms with E-state index in [-0.39, 0.29) is 17.7 Å². The van der Waals surface area contributed by atoms with Crippen molar-refractivity contribution in [3.63, 3.8) is 0 Å².